The van der Waals surface area contributed by atoms with Crippen molar-refractivity contribution in [3.05, 3.63) is 22.8 Å². The Labute approximate surface area is 167 Å². The van der Waals surface area contributed by atoms with E-state index in [1.165, 1.54) is 14.0 Å². The molecule has 1 aromatic carbocycles. The summed E-state index contributed by atoms with van der Waals surface area (Å²) in [5.74, 6) is -0.527. The number of phenols is 1. The fourth-order valence-corrected chi connectivity index (χ4v) is 5.71. The number of rotatable bonds is 3. The van der Waals surface area contributed by atoms with Gasteiger partial charge in [-0.2, -0.15) is 0 Å². The molecule has 0 aromatic heterocycles. The van der Waals surface area contributed by atoms with Crippen LogP contribution in [-0.2, 0) is 26.2 Å². The van der Waals surface area contributed by atoms with E-state index in [1.807, 2.05) is 19.9 Å². The van der Waals surface area contributed by atoms with Crippen LogP contribution in [0.5, 0.6) is 11.5 Å². The van der Waals surface area contributed by atoms with Crippen LogP contribution in [0.2, 0.25) is 0 Å². The molecule has 1 fully saturated rings. The fourth-order valence-electron chi connectivity index (χ4n) is 5.71. The Balaban J connectivity index is 2.34. The topological polar surface area (TPSA) is 72.8 Å². The van der Waals surface area contributed by atoms with Gasteiger partial charge in [0.05, 0.1) is 7.11 Å². The van der Waals surface area contributed by atoms with Gasteiger partial charge in [0.25, 0.3) is 0 Å². The van der Waals surface area contributed by atoms with Crippen LogP contribution < -0.4 is 4.74 Å². The van der Waals surface area contributed by atoms with Gasteiger partial charge in [0, 0.05) is 18.1 Å². The van der Waals surface area contributed by atoms with Gasteiger partial charge in [-0.1, -0.05) is 40.2 Å². The third-order valence-corrected chi connectivity index (χ3v) is 6.86. The number of ether oxygens (including phenoxy) is 2. The number of carbonyl (C=O) groups excluding carboxylic acids is 2. The van der Waals surface area contributed by atoms with E-state index in [0.29, 0.717) is 12.0 Å². The first-order valence-electron chi connectivity index (χ1n) is 10.2. The second-order valence-electron chi connectivity index (χ2n) is 9.32. The third-order valence-electron chi connectivity index (χ3n) is 6.86. The van der Waals surface area contributed by atoms with Gasteiger partial charge in [-0.3, -0.25) is 9.59 Å². The highest BCUT2D eigenvalue weighted by atomic mass is 16.5. The zero-order valence-corrected chi connectivity index (χ0v) is 17.8. The lowest BCUT2D eigenvalue weighted by Gasteiger charge is -2.54. The van der Waals surface area contributed by atoms with Gasteiger partial charge in [-0.25, -0.2) is 0 Å². The summed E-state index contributed by atoms with van der Waals surface area (Å²) < 4.78 is 10.7. The maximum atomic E-state index is 13.2. The number of carbonyl (C=O) groups is 2. The number of hydrogen-bond acceptors (Lipinski definition) is 5. The first-order valence-corrected chi connectivity index (χ1v) is 10.2. The smallest absolute Gasteiger partial charge is 0.316 e. The summed E-state index contributed by atoms with van der Waals surface area (Å²) >= 11 is 0. The van der Waals surface area contributed by atoms with Crippen molar-refractivity contribution in [2.45, 2.75) is 78.1 Å². The molecule has 0 amide bonds. The number of phenolic OH excluding ortho intramolecular Hbond substituents is 1. The highest BCUT2D eigenvalue weighted by Crippen LogP contribution is 2.61. The number of aromatic hydroxyl groups is 1. The van der Waals surface area contributed by atoms with Crippen molar-refractivity contribution in [1.29, 1.82) is 0 Å². The van der Waals surface area contributed by atoms with Gasteiger partial charge >= 0.3 is 11.9 Å². The molecule has 0 aliphatic heterocycles. The Morgan fingerprint density at radius 2 is 1.93 bits per heavy atom. The Morgan fingerprint density at radius 1 is 1.25 bits per heavy atom. The van der Waals surface area contributed by atoms with E-state index in [-0.39, 0.29) is 34.7 Å². The quantitative estimate of drug-likeness (QED) is 0.604. The average molecular weight is 389 g/mol. The zero-order chi connectivity index (χ0) is 20.9. The van der Waals surface area contributed by atoms with Crippen molar-refractivity contribution in [3.8, 4) is 11.5 Å². The summed E-state index contributed by atoms with van der Waals surface area (Å²) in [5.41, 5.74) is 1.42. The molecule has 2 unspecified atom stereocenters. The number of fused-ring (bicyclic) bond motifs is 3. The number of aryl methyl sites for hydroxylation is 1. The molecule has 2 atom stereocenters. The molecule has 0 spiro atoms. The van der Waals surface area contributed by atoms with E-state index in [9.17, 15) is 14.7 Å². The molecule has 0 heterocycles. The standard InChI is InChI=1S/C23H32O5/c1-13(2)16-12-15-8-9-17-22(4,5)10-7-11-23(17,21(26)27-6)18(15)19(25)20(16)28-14(3)24/h12-13,17,25H,7-11H2,1-6H3. The van der Waals surface area contributed by atoms with Crippen LogP contribution in [0.1, 0.15) is 82.9 Å². The molecule has 2 aliphatic carbocycles. The Kier molecular flexibility index (Phi) is 5.24. The molecule has 5 nitrogen and oxygen atoms in total. The van der Waals surface area contributed by atoms with E-state index >= 15 is 0 Å². The summed E-state index contributed by atoms with van der Waals surface area (Å²) in [4.78, 5) is 25.0. The molecule has 0 bridgehead atoms. The Morgan fingerprint density at radius 3 is 2.50 bits per heavy atom. The summed E-state index contributed by atoms with van der Waals surface area (Å²) in [6.07, 6.45) is 4.21. The van der Waals surface area contributed by atoms with Crippen LogP contribution in [0.25, 0.3) is 0 Å². The molecule has 1 N–H and O–H groups in total. The van der Waals surface area contributed by atoms with Crippen molar-refractivity contribution in [3.63, 3.8) is 0 Å². The minimum atomic E-state index is -0.904. The Bertz CT molecular complexity index is 808. The predicted octanol–water partition coefficient (Wildman–Crippen LogP) is 4.62. The van der Waals surface area contributed by atoms with Gasteiger partial charge in [0.1, 0.15) is 5.41 Å². The average Bonchev–Trinajstić information content (AvgIpc) is 2.61. The van der Waals surface area contributed by atoms with E-state index in [2.05, 4.69) is 13.8 Å². The third kappa shape index (κ3) is 2.99. The Hall–Kier alpha value is -2.04. The van der Waals surface area contributed by atoms with E-state index < -0.39 is 11.4 Å². The number of esters is 2. The normalized spacial score (nSPS) is 25.6. The molecular formula is C23H32O5. The fraction of sp³-hybridized carbons (Fsp3) is 0.652. The molecule has 2 aliphatic rings. The first-order chi connectivity index (χ1) is 13.1. The molecular weight excluding hydrogens is 356 g/mol. The summed E-state index contributed by atoms with van der Waals surface area (Å²) in [6.45, 7) is 9.73. The SMILES string of the molecule is COC(=O)C12CCCC(C)(C)C1CCc1cc(C(C)C)c(OC(C)=O)c(O)c12. The van der Waals surface area contributed by atoms with Crippen LogP contribution in [0.15, 0.2) is 6.07 Å². The van der Waals surface area contributed by atoms with Crippen LogP contribution in [0.4, 0.5) is 0 Å². The molecule has 1 saturated carbocycles. The summed E-state index contributed by atoms with van der Waals surface area (Å²) in [7, 11) is 1.41. The van der Waals surface area contributed by atoms with Crippen LogP contribution in [0.3, 0.4) is 0 Å². The van der Waals surface area contributed by atoms with E-state index in [0.717, 1.165) is 36.8 Å². The highest BCUT2D eigenvalue weighted by molar-refractivity contribution is 5.87. The second-order valence-corrected chi connectivity index (χ2v) is 9.32. The highest BCUT2D eigenvalue weighted by Gasteiger charge is 2.59. The minimum Gasteiger partial charge on any atom is -0.504 e. The van der Waals surface area contributed by atoms with Crippen molar-refractivity contribution >= 4 is 11.9 Å². The van der Waals surface area contributed by atoms with Crippen molar-refractivity contribution in [2.24, 2.45) is 11.3 Å². The summed E-state index contributed by atoms with van der Waals surface area (Å²) in [6, 6.07) is 2.01. The maximum absolute atomic E-state index is 13.2. The minimum absolute atomic E-state index is 0.0467. The molecule has 1 aromatic rings. The maximum Gasteiger partial charge on any atom is 0.316 e. The van der Waals surface area contributed by atoms with Crippen LogP contribution in [-0.4, -0.2) is 24.2 Å². The van der Waals surface area contributed by atoms with Gasteiger partial charge in [0.15, 0.2) is 11.5 Å². The van der Waals surface area contributed by atoms with Gasteiger partial charge < -0.3 is 14.6 Å². The molecule has 3 rings (SSSR count). The number of methoxy groups -OCH3 is 1. The molecule has 0 radical (unpaired) electrons. The van der Waals surface area contributed by atoms with Gasteiger partial charge in [-0.05, 0) is 48.5 Å². The second kappa shape index (κ2) is 7.09. The van der Waals surface area contributed by atoms with E-state index in [1.54, 1.807) is 0 Å². The van der Waals surface area contributed by atoms with Gasteiger partial charge in [-0.15, -0.1) is 0 Å². The number of benzene rings is 1. The lowest BCUT2D eigenvalue weighted by Crippen LogP contribution is -2.54. The monoisotopic (exact) mass is 388 g/mol. The lowest BCUT2D eigenvalue weighted by molar-refractivity contribution is -0.156. The molecule has 5 heteroatoms. The number of hydrogen-bond donors (Lipinski definition) is 1. The predicted molar refractivity (Wildman–Crippen MR) is 107 cm³/mol. The first kappa shape index (κ1) is 20.7. The summed E-state index contributed by atoms with van der Waals surface area (Å²) in [5, 5.41) is 11.3. The molecule has 0 saturated heterocycles. The largest absolute Gasteiger partial charge is 0.504 e. The van der Waals surface area contributed by atoms with Crippen molar-refractivity contribution < 1.29 is 24.2 Å². The zero-order valence-electron chi connectivity index (χ0n) is 17.8. The van der Waals surface area contributed by atoms with E-state index in [4.69, 9.17) is 9.47 Å². The van der Waals surface area contributed by atoms with Crippen LogP contribution >= 0.6 is 0 Å². The lowest BCUT2D eigenvalue weighted by atomic mass is 9.49. The molecule has 28 heavy (non-hydrogen) atoms. The van der Waals surface area contributed by atoms with Crippen molar-refractivity contribution in [1.82, 2.24) is 0 Å². The molecule has 154 valence electrons. The van der Waals surface area contributed by atoms with Crippen molar-refractivity contribution in [2.75, 3.05) is 7.11 Å². The van der Waals surface area contributed by atoms with Crippen LogP contribution in [0, 0.1) is 11.3 Å². The van der Waals surface area contributed by atoms with Gasteiger partial charge in [0.2, 0.25) is 0 Å².